The molecule has 1 saturated heterocycles. The minimum absolute atomic E-state index is 0.144. The molecule has 0 saturated carbocycles. The van der Waals surface area contributed by atoms with Crippen LogP contribution in [0.4, 0.5) is 5.69 Å². The molecule has 4 heteroatoms. The standard InChI is InChI=1S/C18H16N2O2/c1-12-6-8-14(9-7-12)11-16-17(21)19-20(18(16)22)15-5-3-4-13(2)10-15/h3-11H,1-2H3,(H,19,21). The minimum atomic E-state index is -0.382. The van der Waals surface area contributed by atoms with Crippen LogP contribution in [-0.4, -0.2) is 11.8 Å². The van der Waals surface area contributed by atoms with E-state index in [1.54, 1.807) is 12.1 Å². The molecule has 110 valence electrons. The molecule has 3 rings (SSSR count). The number of aryl methyl sites for hydroxylation is 2. The van der Waals surface area contributed by atoms with Gasteiger partial charge < -0.3 is 0 Å². The highest BCUT2D eigenvalue weighted by atomic mass is 16.2. The number of benzene rings is 2. The molecular weight excluding hydrogens is 276 g/mol. The van der Waals surface area contributed by atoms with Crippen molar-refractivity contribution in [3.05, 3.63) is 70.8 Å². The molecule has 2 amide bonds. The van der Waals surface area contributed by atoms with Crippen LogP contribution in [0.3, 0.4) is 0 Å². The van der Waals surface area contributed by atoms with Crippen molar-refractivity contribution in [1.82, 2.24) is 5.43 Å². The summed E-state index contributed by atoms with van der Waals surface area (Å²) in [6.07, 6.45) is 1.62. The van der Waals surface area contributed by atoms with E-state index in [-0.39, 0.29) is 17.4 Å². The van der Waals surface area contributed by atoms with E-state index in [9.17, 15) is 9.59 Å². The zero-order valence-electron chi connectivity index (χ0n) is 12.5. The van der Waals surface area contributed by atoms with Gasteiger partial charge >= 0.3 is 0 Å². The lowest BCUT2D eigenvalue weighted by molar-refractivity contribution is -0.117. The van der Waals surface area contributed by atoms with Gasteiger partial charge in [-0.1, -0.05) is 42.0 Å². The third-order valence-electron chi connectivity index (χ3n) is 3.54. The van der Waals surface area contributed by atoms with Crippen molar-refractivity contribution in [2.45, 2.75) is 13.8 Å². The van der Waals surface area contributed by atoms with Gasteiger partial charge in [0.25, 0.3) is 11.8 Å². The van der Waals surface area contributed by atoms with Crippen LogP contribution < -0.4 is 10.4 Å². The maximum atomic E-state index is 12.5. The number of anilines is 1. The highest BCUT2D eigenvalue weighted by Crippen LogP contribution is 2.22. The molecule has 2 aromatic carbocycles. The first-order valence-electron chi connectivity index (χ1n) is 7.05. The summed E-state index contributed by atoms with van der Waals surface area (Å²) in [4.78, 5) is 24.6. The van der Waals surface area contributed by atoms with Gasteiger partial charge in [0, 0.05) is 0 Å². The quantitative estimate of drug-likeness (QED) is 0.683. The summed E-state index contributed by atoms with van der Waals surface area (Å²) in [6.45, 7) is 3.93. The first kappa shape index (κ1) is 14.1. The lowest BCUT2D eigenvalue weighted by Crippen LogP contribution is -2.35. The molecule has 1 fully saturated rings. The van der Waals surface area contributed by atoms with E-state index in [2.05, 4.69) is 5.43 Å². The van der Waals surface area contributed by atoms with Crippen LogP contribution in [0.5, 0.6) is 0 Å². The maximum absolute atomic E-state index is 12.5. The maximum Gasteiger partial charge on any atom is 0.282 e. The molecule has 0 unspecified atom stereocenters. The Morgan fingerprint density at radius 2 is 1.68 bits per heavy atom. The van der Waals surface area contributed by atoms with Gasteiger partial charge in [-0.2, -0.15) is 0 Å². The number of rotatable bonds is 2. The Morgan fingerprint density at radius 3 is 2.36 bits per heavy atom. The van der Waals surface area contributed by atoms with Gasteiger partial charge in [-0.05, 0) is 43.2 Å². The average molecular weight is 292 g/mol. The number of hydrogen-bond donors (Lipinski definition) is 1. The van der Waals surface area contributed by atoms with Crippen LogP contribution in [-0.2, 0) is 9.59 Å². The van der Waals surface area contributed by atoms with E-state index in [0.29, 0.717) is 5.69 Å². The van der Waals surface area contributed by atoms with Gasteiger partial charge in [0.15, 0.2) is 0 Å². The fourth-order valence-corrected chi connectivity index (χ4v) is 2.34. The van der Waals surface area contributed by atoms with E-state index < -0.39 is 0 Å². The van der Waals surface area contributed by atoms with Crippen molar-refractivity contribution in [3.8, 4) is 0 Å². The van der Waals surface area contributed by atoms with E-state index in [1.807, 2.05) is 56.3 Å². The Hall–Kier alpha value is -2.88. The van der Waals surface area contributed by atoms with Gasteiger partial charge in [0.2, 0.25) is 0 Å². The van der Waals surface area contributed by atoms with Gasteiger partial charge in [0.05, 0.1) is 5.69 Å². The smallest absolute Gasteiger partial charge is 0.267 e. The summed E-state index contributed by atoms with van der Waals surface area (Å²) in [6, 6.07) is 15.1. The molecule has 0 radical (unpaired) electrons. The third-order valence-corrected chi connectivity index (χ3v) is 3.54. The summed E-state index contributed by atoms with van der Waals surface area (Å²) in [5.41, 5.74) is 6.39. The summed E-state index contributed by atoms with van der Waals surface area (Å²) < 4.78 is 0. The first-order valence-corrected chi connectivity index (χ1v) is 7.05. The predicted octanol–water partition coefficient (Wildman–Crippen LogP) is 2.76. The zero-order valence-corrected chi connectivity index (χ0v) is 12.5. The van der Waals surface area contributed by atoms with Crippen molar-refractivity contribution >= 4 is 23.6 Å². The SMILES string of the molecule is Cc1ccc(C=C2C(=O)NN(c3cccc(C)c3)C2=O)cc1. The molecule has 1 aliphatic rings. The largest absolute Gasteiger partial charge is 0.282 e. The highest BCUT2D eigenvalue weighted by Gasteiger charge is 2.34. The Bertz CT molecular complexity index is 776. The Morgan fingerprint density at radius 1 is 0.955 bits per heavy atom. The highest BCUT2D eigenvalue weighted by molar-refractivity contribution is 6.31. The number of carbonyl (C=O) groups excluding carboxylic acids is 2. The molecule has 0 atom stereocenters. The van der Waals surface area contributed by atoms with Crippen molar-refractivity contribution in [3.63, 3.8) is 0 Å². The molecule has 0 bridgehead atoms. The second-order valence-electron chi connectivity index (χ2n) is 5.39. The topological polar surface area (TPSA) is 49.4 Å². The molecule has 1 aliphatic heterocycles. The van der Waals surface area contributed by atoms with Crippen molar-refractivity contribution in [2.75, 3.05) is 5.01 Å². The lowest BCUT2D eigenvalue weighted by atomic mass is 10.1. The fraction of sp³-hybridized carbons (Fsp3) is 0.111. The molecule has 4 nitrogen and oxygen atoms in total. The summed E-state index contributed by atoms with van der Waals surface area (Å²) in [5.74, 6) is -0.719. The summed E-state index contributed by atoms with van der Waals surface area (Å²) in [7, 11) is 0. The molecular formula is C18H16N2O2. The first-order chi connectivity index (χ1) is 10.5. The van der Waals surface area contributed by atoms with Crippen molar-refractivity contribution in [2.24, 2.45) is 0 Å². The van der Waals surface area contributed by atoms with Gasteiger partial charge in [-0.25, -0.2) is 5.01 Å². The number of amides is 2. The number of nitrogens with zero attached hydrogens (tertiary/aromatic N) is 1. The number of carbonyl (C=O) groups is 2. The second kappa shape index (κ2) is 5.48. The molecule has 0 spiro atoms. The monoisotopic (exact) mass is 292 g/mol. The van der Waals surface area contributed by atoms with Gasteiger partial charge in [-0.15, -0.1) is 0 Å². The number of hydrogen-bond acceptors (Lipinski definition) is 2. The van der Waals surface area contributed by atoms with Crippen LogP contribution in [0.1, 0.15) is 16.7 Å². The van der Waals surface area contributed by atoms with Crippen LogP contribution >= 0.6 is 0 Å². The second-order valence-corrected chi connectivity index (χ2v) is 5.39. The average Bonchev–Trinajstić information content (AvgIpc) is 2.77. The Labute approximate surface area is 129 Å². The Kier molecular flexibility index (Phi) is 3.51. The van der Waals surface area contributed by atoms with Crippen molar-refractivity contribution in [1.29, 1.82) is 0 Å². The Balaban J connectivity index is 1.93. The van der Waals surface area contributed by atoms with Crippen LogP contribution in [0.2, 0.25) is 0 Å². The van der Waals surface area contributed by atoms with E-state index in [1.165, 1.54) is 5.01 Å². The van der Waals surface area contributed by atoms with Gasteiger partial charge in [-0.3, -0.25) is 15.0 Å². The van der Waals surface area contributed by atoms with Crippen molar-refractivity contribution < 1.29 is 9.59 Å². The summed E-state index contributed by atoms with van der Waals surface area (Å²) >= 11 is 0. The van der Waals surface area contributed by atoms with Crippen LogP contribution in [0.15, 0.2) is 54.1 Å². The third kappa shape index (κ3) is 2.63. The van der Waals surface area contributed by atoms with Gasteiger partial charge in [0.1, 0.15) is 5.57 Å². The molecule has 1 heterocycles. The minimum Gasteiger partial charge on any atom is -0.267 e. The normalized spacial score (nSPS) is 16.3. The molecule has 0 aliphatic carbocycles. The fourth-order valence-electron chi connectivity index (χ4n) is 2.34. The van der Waals surface area contributed by atoms with E-state index in [0.717, 1.165) is 16.7 Å². The predicted molar refractivity (Wildman–Crippen MR) is 86.0 cm³/mol. The molecule has 0 aromatic heterocycles. The van der Waals surface area contributed by atoms with Crippen LogP contribution in [0.25, 0.3) is 6.08 Å². The van der Waals surface area contributed by atoms with Crippen LogP contribution in [0, 0.1) is 13.8 Å². The molecule has 1 N–H and O–H groups in total. The summed E-state index contributed by atoms with van der Waals surface area (Å²) in [5, 5.41) is 1.29. The molecule has 2 aromatic rings. The van der Waals surface area contributed by atoms with E-state index >= 15 is 0 Å². The zero-order chi connectivity index (χ0) is 15.7. The lowest BCUT2D eigenvalue weighted by Gasteiger charge is -2.14. The molecule has 22 heavy (non-hydrogen) atoms. The van der Waals surface area contributed by atoms with E-state index in [4.69, 9.17) is 0 Å². The number of hydrazine groups is 1. The number of nitrogens with one attached hydrogen (secondary N) is 1.